The molecule has 0 radical (unpaired) electrons. The summed E-state index contributed by atoms with van der Waals surface area (Å²) in [4.78, 5) is 3.50. The smallest absolute Gasteiger partial charge is 0.123 e. The van der Waals surface area contributed by atoms with E-state index in [-0.39, 0.29) is 0 Å². The molecule has 2 nitrogen and oxygen atoms in total. The summed E-state index contributed by atoms with van der Waals surface area (Å²) in [6.07, 6.45) is 13.3. The lowest BCUT2D eigenvalue weighted by atomic mass is 9.98. The molecule has 2 heteroatoms. The van der Waals surface area contributed by atoms with Crippen LogP contribution < -0.4 is 4.74 Å². The van der Waals surface area contributed by atoms with Crippen LogP contribution in [-0.2, 0) is 25.7 Å². The van der Waals surface area contributed by atoms with Crippen LogP contribution in [0, 0.1) is 0 Å². The molecule has 2 aromatic carbocycles. The summed E-state index contributed by atoms with van der Waals surface area (Å²) in [6.45, 7) is 0.794. The van der Waals surface area contributed by atoms with Crippen molar-refractivity contribution in [2.75, 3.05) is 6.61 Å². The highest BCUT2D eigenvalue weighted by molar-refractivity contribution is 5.63. The van der Waals surface area contributed by atoms with Gasteiger partial charge in [0.2, 0.25) is 0 Å². The Morgan fingerprint density at radius 2 is 1.82 bits per heavy atom. The van der Waals surface area contributed by atoms with E-state index in [2.05, 4.69) is 71.9 Å². The predicted molar refractivity (Wildman–Crippen MR) is 115 cm³/mol. The number of aromatic amines is 1. The average molecular weight is 370 g/mol. The summed E-state index contributed by atoms with van der Waals surface area (Å²) in [7, 11) is 0. The predicted octanol–water partition coefficient (Wildman–Crippen LogP) is 5.87. The van der Waals surface area contributed by atoms with Crippen LogP contribution in [0.3, 0.4) is 0 Å². The second kappa shape index (κ2) is 7.71. The molecule has 0 spiro atoms. The Hall–Kier alpha value is -2.74. The van der Waals surface area contributed by atoms with E-state index in [1.54, 1.807) is 0 Å². The molecule has 142 valence electrons. The second-order valence-electron chi connectivity index (χ2n) is 8.07. The van der Waals surface area contributed by atoms with Crippen molar-refractivity contribution < 1.29 is 4.74 Å². The normalized spacial score (nSPS) is 15.0. The van der Waals surface area contributed by atoms with Crippen LogP contribution in [0.25, 0.3) is 6.08 Å². The number of fused-ring (bicyclic) bond motifs is 2. The Labute approximate surface area is 167 Å². The number of aromatic nitrogens is 1. The fourth-order valence-electron chi connectivity index (χ4n) is 4.63. The third kappa shape index (κ3) is 3.52. The summed E-state index contributed by atoms with van der Waals surface area (Å²) in [5, 5.41) is 0. The molecule has 3 aromatic rings. The molecule has 1 heterocycles. The standard InChI is InChI=1S/C26H27NO/c1-2-8-21-16-22(15-20(21)7-1)23-17-24(27-18-23)11-3-4-14-28-26-13-6-10-19-9-5-12-25(19)26/h1-2,5-10,13,17-18,22,27H,3-4,11-12,14-16H2. The molecule has 0 aliphatic heterocycles. The van der Waals surface area contributed by atoms with Crippen LogP contribution in [0.4, 0.5) is 0 Å². The topological polar surface area (TPSA) is 25.0 Å². The van der Waals surface area contributed by atoms with Crippen molar-refractivity contribution in [3.05, 3.63) is 94.3 Å². The number of unbranched alkanes of at least 4 members (excludes halogenated alkanes) is 1. The lowest BCUT2D eigenvalue weighted by molar-refractivity contribution is 0.304. The highest BCUT2D eigenvalue weighted by Gasteiger charge is 2.23. The molecule has 0 saturated heterocycles. The van der Waals surface area contributed by atoms with E-state index in [1.807, 2.05) is 0 Å². The number of ether oxygens (including phenoxy) is 1. The molecular weight excluding hydrogens is 342 g/mol. The average Bonchev–Trinajstić information content (AvgIpc) is 3.46. The molecule has 2 aliphatic rings. The highest BCUT2D eigenvalue weighted by Crippen LogP contribution is 2.34. The number of aryl methyl sites for hydroxylation is 1. The largest absolute Gasteiger partial charge is 0.493 e. The summed E-state index contributed by atoms with van der Waals surface area (Å²) < 4.78 is 6.06. The molecule has 0 atom stereocenters. The van der Waals surface area contributed by atoms with Crippen molar-refractivity contribution in [1.82, 2.24) is 4.98 Å². The number of allylic oxidation sites excluding steroid dienone is 1. The number of rotatable bonds is 7. The first-order valence-electron chi connectivity index (χ1n) is 10.5. The van der Waals surface area contributed by atoms with E-state index in [9.17, 15) is 0 Å². The van der Waals surface area contributed by atoms with Gasteiger partial charge in [-0.25, -0.2) is 0 Å². The van der Waals surface area contributed by atoms with Crippen LogP contribution in [0.15, 0.2) is 60.8 Å². The summed E-state index contributed by atoms with van der Waals surface area (Å²) >= 11 is 0. The van der Waals surface area contributed by atoms with Gasteiger partial charge in [0.05, 0.1) is 6.61 Å². The molecule has 5 rings (SSSR count). The number of benzene rings is 2. The molecule has 2 aliphatic carbocycles. The Morgan fingerprint density at radius 1 is 0.964 bits per heavy atom. The maximum Gasteiger partial charge on any atom is 0.123 e. The Bertz CT molecular complexity index is 972. The maximum absolute atomic E-state index is 6.06. The zero-order valence-electron chi connectivity index (χ0n) is 16.3. The molecule has 0 amide bonds. The second-order valence-corrected chi connectivity index (χ2v) is 8.07. The van der Waals surface area contributed by atoms with Crippen LogP contribution >= 0.6 is 0 Å². The summed E-state index contributed by atoms with van der Waals surface area (Å²) in [5.41, 5.74) is 8.52. The van der Waals surface area contributed by atoms with Gasteiger partial charge in [0.25, 0.3) is 0 Å². The van der Waals surface area contributed by atoms with Gasteiger partial charge in [0.15, 0.2) is 0 Å². The molecule has 0 unspecified atom stereocenters. The highest BCUT2D eigenvalue weighted by atomic mass is 16.5. The van der Waals surface area contributed by atoms with E-state index < -0.39 is 0 Å². The van der Waals surface area contributed by atoms with E-state index in [1.165, 1.54) is 46.4 Å². The quantitative estimate of drug-likeness (QED) is 0.518. The number of hydrogen-bond acceptors (Lipinski definition) is 1. The van der Waals surface area contributed by atoms with Crippen molar-refractivity contribution >= 4 is 6.08 Å². The van der Waals surface area contributed by atoms with Gasteiger partial charge in [-0.15, -0.1) is 0 Å². The molecule has 1 N–H and O–H groups in total. The lowest BCUT2D eigenvalue weighted by Gasteiger charge is -2.10. The minimum absolute atomic E-state index is 0.638. The molecule has 0 saturated carbocycles. The number of hydrogen-bond donors (Lipinski definition) is 1. The van der Waals surface area contributed by atoms with Gasteiger partial charge in [0, 0.05) is 17.5 Å². The van der Waals surface area contributed by atoms with Gasteiger partial charge in [0.1, 0.15) is 5.75 Å². The maximum atomic E-state index is 6.06. The van der Waals surface area contributed by atoms with E-state index in [0.717, 1.165) is 38.0 Å². The monoisotopic (exact) mass is 369 g/mol. The third-order valence-corrected chi connectivity index (χ3v) is 6.17. The van der Waals surface area contributed by atoms with Crippen molar-refractivity contribution in [2.24, 2.45) is 0 Å². The van der Waals surface area contributed by atoms with Crippen molar-refractivity contribution in [1.29, 1.82) is 0 Å². The van der Waals surface area contributed by atoms with E-state index >= 15 is 0 Å². The van der Waals surface area contributed by atoms with Crippen molar-refractivity contribution in [2.45, 2.75) is 44.4 Å². The number of H-pyrrole nitrogens is 1. The zero-order chi connectivity index (χ0) is 18.8. The minimum atomic E-state index is 0.638. The molecule has 28 heavy (non-hydrogen) atoms. The van der Waals surface area contributed by atoms with Crippen LogP contribution in [0.5, 0.6) is 5.75 Å². The van der Waals surface area contributed by atoms with E-state index in [0.29, 0.717) is 5.92 Å². The Morgan fingerprint density at radius 3 is 2.68 bits per heavy atom. The Kier molecular flexibility index (Phi) is 4.78. The fraction of sp³-hybridized carbons (Fsp3) is 0.308. The van der Waals surface area contributed by atoms with Gasteiger partial charge in [-0.2, -0.15) is 0 Å². The molecular formula is C26H27NO. The van der Waals surface area contributed by atoms with Gasteiger partial charge in [-0.05, 0) is 78.8 Å². The van der Waals surface area contributed by atoms with Crippen LogP contribution in [0.1, 0.15) is 52.3 Å². The van der Waals surface area contributed by atoms with Gasteiger partial charge < -0.3 is 9.72 Å². The Balaban J connectivity index is 1.09. The third-order valence-electron chi connectivity index (χ3n) is 6.17. The molecule has 1 aromatic heterocycles. The first-order valence-corrected chi connectivity index (χ1v) is 10.5. The first-order chi connectivity index (χ1) is 13.9. The lowest BCUT2D eigenvalue weighted by Crippen LogP contribution is -2.01. The van der Waals surface area contributed by atoms with E-state index in [4.69, 9.17) is 4.74 Å². The van der Waals surface area contributed by atoms with Gasteiger partial charge >= 0.3 is 0 Å². The van der Waals surface area contributed by atoms with Crippen molar-refractivity contribution in [3.8, 4) is 5.75 Å². The fourth-order valence-corrected chi connectivity index (χ4v) is 4.63. The van der Waals surface area contributed by atoms with Crippen LogP contribution in [-0.4, -0.2) is 11.6 Å². The molecule has 0 bridgehead atoms. The summed E-state index contributed by atoms with van der Waals surface area (Å²) in [5.74, 6) is 1.70. The SMILES string of the molecule is C1=Cc2cccc(OCCCCc3cc(C4Cc5ccccc5C4)c[nH]3)c2C1. The van der Waals surface area contributed by atoms with Gasteiger partial charge in [-0.1, -0.05) is 48.6 Å². The number of nitrogens with one attached hydrogen (secondary N) is 1. The van der Waals surface area contributed by atoms with Crippen molar-refractivity contribution in [3.63, 3.8) is 0 Å². The zero-order valence-corrected chi connectivity index (χ0v) is 16.3. The summed E-state index contributed by atoms with van der Waals surface area (Å²) in [6, 6.07) is 17.6. The first kappa shape index (κ1) is 17.4. The minimum Gasteiger partial charge on any atom is -0.493 e. The van der Waals surface area contributed by atoms with Crippen LogP contribution in [0.2, 0.25) is 0 Å². The molecule has 0 fully saturated rings. The van der Waals surface area contributed by atoms with Gasteiger partial charge in [-0.3, -0.25) is 0 Å².